The fraction of sp³-hybridized carbons (Fsp3) is 0.0870. The zero-order valence-electron chi connectivity index (χ0n) is 32.5. The van der Waals surface area contributed by atoms with Crippen LogP contribution in [0.5, 0.6) is 0 Å². The van der Waals surface area contributed by atoms with Crippen LogP contribution in [0.4, 0.5) is 13.2 Å². The molecule has 0 saturated heterocycles. The van der Waals surface area contributed by atoms with E-state index < -0.39 is 31.5 Å². The maximum absolute atomic E-state index is 10.7. The van der Waals surface area contributed by atoms with Crippen molar-refractivity contribution in [3.8, 4) is 0 Å². The van der Waals surface area contributed by atoms with Gasteiger partial charge in [-0.15, -0.1) is 0 Å². The fourth-order valence-electron chi connectivity index (χ4n) is 6.44. The van der Waals surface area contributed by atoms with Gasteiger partial charge >= 0.3 is 27.9 Å². The van der Waals surface area contributed by atoms with Crippen molar-refractivity contribution in [2.75, 3.05) is 0 Å². The van der Waals surface area contributed by atoms with E-state index in [4.69, 9.17) is 13.0 Å². The molecule has 0 N–H and O–H groups in total. The van der Waals surface area contributed by atoms with Crippen LogP contribution in [-0.2, 0) is 32.5 Å². The van der Waals surface area contributed by atoms with Crippen LogP contribution in [0.1, 0.15) is 22.9 Å². The van der Waals surface area contributed by atoms with Gasteiger partial charge in [0, 0.05) is 30.4 Å². The van der Waals surface area contributed by atoms with E-state index >= 15 is 0 Å². The summed E-state index contributed by atoms with van der Waals surface area (Å²) in [5.41, 5.74) is -1.88. The summed E-state index contributed by atoms with van der Waals surface area (Å²) >= 11 is 0. The summed E-state index contributed by atoms with van der Waals surface area (Å²) in [5.74, 6) is 0. The molecule has 0 bridgehead atoms. The first-order chi connectivity index (χ1) is 28.4. The van der Waals surface area contributed by atoms with Crippen LogP contribution in [0.15, 0.2) is 201 Å². The van der Waals surface area contributed by atoms with Gasteiger partial charge in [0.05, 0.1) is 15.8 Å². The predicted octanol–water partition coefficient (Wildman–Crippen LogP) is 7.51. The molecular formula is C46H42AgF3N4O3P2S+2. The van der Waals surface area contributed by atoms with Crippen molar-refractivity contribution in [3.05, 3.63) is 217 Å². The van der Waals surface area contributed by atoms with E-state index in [1.807, 2.05) is 46.3 Å². The third-order valence-corrected chi connectivity index (χ3v) is 15.3. The molecule has 0 aliphatic heterocycles. The van der Waals surface area contributed by atoms with Crippen molar-refractivity contribution in [1.82, 2.24) is 19.6 Å². The molecule has 0 amide bonds. The van der Waals surface area contributed by atoms with Gasteiger partial charge < -0.3 is 4.55 Å². The first-order valence-electron chi connectivity index (χ1n) is 18.5. The molecule has 14 heteroatoms. The molecule has 310 valence electrons. The van der Waals surface area contributed by atoms with Gasteiger partial charge in [0.1, 0.15) is 31.8 Å². The Bertz CT molecular complexity index is 2420. The quantitative estimate of drug-likeness (QED) is 0.0647. The van der Waals surface area contributed by atoms with Gasteiger partial charge in [-0.25, -0.2) is 17.8 Å². The zero-order chi connectivity index (χ0) is 41.8. The second-order valence-electron chi connectivity index (χ2n) is 13.4. The van der Waals surface area contributed by atoms with Gasteiger partial charge in [-0.1, -0.05) is 108 Å². The number of aryl methyl sites for hydroxylation is 2. The predicted molar refractivity (Wildman–Crippen MR) is 236 cm³/mol. The molecular weight excluding hydrogens is 915 g/mol. The Hall–Kier alpha value is -4.96. The standard InChI is InChI=1S/C27H25N4P.C18H15P.CHF3O3S.Ag/c1-21-9-13-23(14-10-21)32(24-15-11-22(2)12-16-24)26-8-4-3-7-25(26)27(30-19-5-17-28-30)31-20-6-18-29-31;1-4-10-16(11-5-1)19(17-12-6-2-7-13-17)18-14-8-3-9-15-18;2-1(3,4)8(5,6)7;/h3-20,27H,1-2H3;1-15H;(H,5,6,7);/q;;;+1/p+1. The Balaban J connectivity index is 0.000000206. The SMILES string of the molecule is Cc1ccc([PH+](c2ccc(C)cc2)c2ccccc2C(n2cccn2)n2cccn2)cc1.O=S(=O)([O-])C(F)(F)F.[Ag+].c1ccc([PH+](c2ccccc2)c2ccccc2)cc1. The van der Waals surface area contributed by atoms with Crippen LogP contribution in [-0.4, -0.2) is 38.0 Å². The Morgan fingerprint density at radius 2 is 0.850 bits per heavy atom. The molecule has 7 nitrogen and oxygen atoms in total. The smallest absolute Gasteiger partial charge is 0.741 e. The average molecular weight is 958 g/mol. The molecule has 0 unspecified atom stereocenters. The summed E-state index contributed by atoms with van der Waals surface area (Å²) in [4.78, 5) is 0. The maximum atomic E-state index is 10.7. The minimum Gasteiger partial charge on any atom is -0.741 e. The van der Waals surface area contributed by atoms with Crippen molar-refractivity contribution in [2.45, 2.75) is 25.5 Å². The summed E-state index contributed by atoms with van der Waals surface area (Å²) in [5, 5.41) is 17.6. The van der Waals surface area contributed by atoms with Crippen LogP contribution in [0.25, 0.3) is 0 Å². The number of aromatic nitrogens is 4. The largest absolute Gasteiger partial charge is 1.00 e. The maximum Gasteiger partial charge on any atom is 1.00 e. The fourth-order valence-corrected chi connectivity index (χ4v) is 11.7. The first kappa shape index (κ1) is 46.1. The number of benzene rings is 6. The van der Waals surface area contributed by atoms with E-state index in [0.29, 0.717) is 0 Å². The molecule has 0 saturated carbocycles. The number of hydrogen-bond donors (Lipinski definition) is 0. The van der Waals surface area contributed by atoms with Crippen molar-refractivity contribution >= 4 is 57.8 Å². The molecule has 2 heterocycles. The van der Waals surface area contributed by atoms with Gasteiger partial charge in [0.25, 0.3) is 0 Å². The molecule has 0 aliphatic carbocycles. The first-order valence-corrected chi connectivity index (χ1v) is 23.0. The van der Waals surface area contributed by atoms with Gasteiger partial charge in [-0.3, -0.25) is 0 Å². The van der Waals surface area contributed by atoms with E-state index in [-0.39, 0.29) is 28.5 Å². The number of alkyl halides is 3. The van der Waals surface area contributed by atoms with Gasteiger partial charge in [0.15, 0.2) is 16.3 Å². The number of halogens is 3. The molecule has 0 aliphatic rings. The van der Waals surface area contributed by atoms with Crippen LogP contribution in [0.3, 0.4) is 0 Å². The van der Waals surface area contributed by atoms with Gasteiger partial charge in [-0.2, -0.15) is 23.4 Å². The summed E-state index contributed by atoms with van der Waals surface area (Å²) in [6.07, 6.45) is 7.52. The van der Waals surface area contributed by atoms with Gasteiger partial charge in [0.2, 0.25) is 0 Å². The van der Waals surface area contributed by atoms with Crippen LogP contribution in [0.2, 0.25) is 0 Å². The molecule has 8 aromatic rings. The zero-order valence-corrected chi connectivity index (χ0v) is 36.8. The minimum atomic E-state index is -6.09. The number of nitrogens with zero attached hydrogens (tertiary/aromatic N) is 4. The third kappa shape index (κ3) is 12.1. The Morgan fingerprint density at radius 3 is 1.18 bits per heavy atom. The number of hydrogen-bond acceptors (Lipinski definition) is 5. The van der Waals surface area contributed by atoms with E-state index in [1.54, 1.807) is 0 Å². The third-order valence-electron chi connectivity index (χ3n) is 9.21. The molecule has 0 radical (unpaired) electrons. The molecule has 8 rings (SSSR count). The summed E-state index contributed by atoms with van der Waals surface area (Å²) in [6.45, 7) is 4.28. The van der Waals surface area contributed by atoms with Crippen LogP contribution in [0, 0.1) is 13.8 Å². The molecule has 6 aromatic carbocycles. The topological polar surface area (TPSA) is 92.8 Å². The summed E-state index contributed by atoms with van der Waals surface area (Å²) in [7, 11) is -8.21. The second-order valence-corrected chi connectivity index (χ2v) is 19.7. The summed E-state index contributed by atoms with van der Waals surface area (Å²) < 4.78 is 62.9. The summed E-state index contributed by atoms with van der Waals surface area (Å²) in [6, 6.07) is 63.2. The van der Waals surface area contributed by atoms with E-state index in [9.17, 15) is 13.2 Å². The normalized spacial score (nSPS) is 11.3. The molecule has 2 aromatic heterocycles. The molecule has 0 fully saturated rings. The van der Waals surface area contributed by atoms with Crippen LogP contribution >= 0.6 is 15.8 Å². The van der Waals surface area contributed by atoms with Gasteiger partial charge in [-0.05, 0) is 92.7 Å². The Morgan fingerprint density at radius 1 is 0.517 bits per heavy atom. The van der Waals surface area contributed by atoms with Crippen molar-refractivity contribution < 1.29 is 48.5 Å². The average Bonchev–Trinajstić information content (AvgIpc) is 3.98. The van der Waals surface area contributed by atoms with Crippen LogP contribution < -0.4 is 31.8 Å². The Labute approximate surface area is 366 Å². The van der Waals surface area contributed by atoms with Crippen molar-refractivity contribution in [2.24, 2.45) is 0 Å². The van der Waals surface area contributed by atoms with Crippen molar-refractivity contribution in [3.63, 3.8) is 0 Å². The Kier molecular flexibility index (Phi) is 16.5. The van der Waals surface area contributed by atoms with E-state index in [0.717, 1.165) is 0 Å². The molecule has 60 heavy (non-hydrogen) atoms. The molecule has 0 spiro atoms. The second kappa shape index (κ2) is 21.5. The van der Waals surface area contributed by atoms with E-state index in [1.165, 1.54) is 48.5 Å². The minimum absolute atomic E-state index is 0. The molecule has 0 atom stereocenters. The monoisotopic (exact) mass is 956 g/mol. The van der Waals surface area contributed by atoms with E-state index in [2.05, 4.69) is 188 Å². The number of rotatable bonds is 9. The van der Waals surface area contributed by atoms with Crippen molar-refractivity contribution in [1.29, 1.82) is 0 Å².